The van der Waals surface area contributed by atoms with Gasteiger partial charge in [-0.05, 0) is 39.3 Å². The Morgan fingerprint density at radius 1 is 1.33 bits per heavy atom. The predicted molar refractivity (Wildman–Crippen MR) is 64.2 cm³/mol. The van der Waals surface area contributed by atoms with Gasteiger partial charge in [-0.15, -0.1) is 0 Å². The minimum Gasteiger partial charge on any atom is -0.383 e. The van der Waals surface area contributed by atoms with Crippen molar-refractivity contribution >= 4 is 0 Å². The predicted octanol–water partition coefficient (Wildman–Crippen LogP) is 1.49. The molecule has 1 N–H and O–H groups in total. The fourth-order valence-corrected chi connectivity index (χ4v) is 2.28. The molecule has 1 heterocycles. The molecule has 15 heavy (non-hydrogen) atoms. The molecule has 3 nitrogen and oxygen atoms in total. The second kappa shape index (κ2) is 7.20. The van der Waals surface area contributed by atoms with Crippen molar-refractivity contribution in [2.75, 3.05) is 33.4 Å². The lowest BCUT2D eigenvalue weighted by Crippen LogP contribution is -2.44. The highest BCUT2D eigenvalue weighted by Crippen LogP contribution is 2.13. The van der Waals surface area contributed by atoms with Crippen molar-refractivity contribution in [3.8, 4) is 0 Å². The van der Waals surface area contributed by atoms with Crippen LogP contribution in [0.25, 0.3) is 0 Å². The van der Waals surface area contributed by atoms with E-state index < -0.39 is 0 Å². The van der Waals surface area contributed by atoms with Crippen molar-refractivity contribution < 1.29 is 4.74 Å². The summed E-state index contributed by atoms with van der Waals surface area (Å²) in [6.07, 6.45) is 4.00. The largest absolute Gasteiger partial charge is 0.383 e. The Bertz CT molecular complexity index is 158. The molecule has 0 radical (unpaired) electrons. The number of nitrogens with zero attached hydrogens (tertiary/aromatic N) is 1. The molecular formula is C12H26N2O. The first-order chi connectivity index (χ1) is 7.27. The van der Waals surface area contributed by atoms with Gasteiger partial charge in [0.1, 0.15) is 0 Å². The number of rotatable bonds is 7. The highest BCUT2D eigenvalue weighted by Gasteiger charge is 2.20. The average molecular weight is 214 g/mol. The Balaban J connectivity index is 2.20. The Hall–Kier alpha value is -0.120. The van der Waals surface area contributed by atoms with Crippen LogP contribution in [-0.4, -0.2) is 50.3 Å². The first kappa shape index (κ1) is 12.9. The molecule has 1 saturated heterocycles. The number of nitrogens with one attached hydrogen (secondary N) is 1. The fourth-order valence-electron chi connectivity index (χ4n) is 2.28. The molecule has 3 heteroatoms. The third-order valence-electron chi connectivity index (χ3n) is 3.25. The zero-order valence-corrected chi connectivity index (χ0v) is 10.5. The summed E-state index contributed by atoms with van der Waals surface area (Å²) in [5, 5.41) is 3.54. The van der Waals surface area contributed by atoms with E-state index in [4.69, 9.17) is 4.74 Å². The molecule has 1 rings (SSSR count). The smallest absolute Gasteiger partial charge is 0.0613 e. The quantitative estimate of drug-likeness (QED) is 0.695. The van der Waals surface area contributed by atoms with Crippen LogP contribution in [0.5, 0.6) is 0 Å². The number of likely N-dealkylation sites (tertiary alicyclic amines) is 1. The average Bonchev–Trinajstić information content (AvgIpc) is 2.72. The standard InChI is InChI=1S/C12H26N2O/c1-4-12(14-7-5-6-8-14)9-13-11(2)10-15-3/h11-13H,4-10H2,1-3H3. The summed E-state index contributed by atoms with van der Waals surface area (Å²) in [7, 11) is 1.76. The molecule has 0 saturated carbocycles. The van der Waals surface area contributed by atoms with E-state index in [-0.39, 0.29) is 0 Å². The third kappa shape index (κ3) is 4.49. The highest BCUT2D eigenvalue weighted by molar-refractivity contribution is 4.78. The van der Waals surface area contributed by atoms with E-state index in [1.54, 1.807) is 7.11 Å². The maximum atomic E-state index is 5.12. The molecule has 0 bridgehead atoms. The molecule has 90 valence electrons. The van der Waals surface area contributed by atoms with Gasteiger partial charge in [0.05, 0.1) is 6.61 Å². The number of hydrogen-bond donors (Lipinski definition) is 1. The zero-order chi connectivity index (χ0) is 11.1. The van der Waals surface area contributed by atoms with Gasteiger partial charge in [-0.1, -0.05) is 6.92 Å². The van der Waals surface area contributed by atoms with E-state index in [1.165, 1.54) is 32.4 Å². The van der Waals surface area contributed by atoms with Gasteiger partial charge in [-0.2, -0.15) is 0 Å². The highest BCUT2D eigenvalue weighted by atomic mass is 16.5. The van der Waals surface area contributed by atoms with E-state index >= 15 is 0 Å². The summed E-state index contributed by atoms with van der Waals surface area (Å²) < 4.78 is 5.12. The van der Waals surface area contributed by atoms with Crippen molar-refractivity contribution in [3.63, 3.8) is 0 Å². The van der Waals surface area contributed by atoms with Gasteiger partial charge in [-0.25, -0.2) is 0 Å². The van der Waals surface area contributed by atoms with Gasteiger partial charge in [0, 0.05) is 25.7 Å². The van der Waals surface area contributed by atoms with Crippen LogP contribution in [0.15, 0.2) is 0 Å². The SMILES string of the molecule is CCC(CNC(C)COC)N1CCCC1. The van der Waals surface area contributed by atoms with Crippen molar-refractivity contribution in [1.29, 1.82) is 0 Å². The van der Waals surface area contributed by atoms with Crippen LogP contribution in [0.3, 0.4) is 0 Å². The van der Waals surface area contributed by atoms with E-state index in [9.17, 15) is 0 Å². The van der Waals surface area contributed by atoms with E-state index in [0.717, 1.165) is 13.2 Å². The van der Waals surface area contributed by atoms with Crippen LogP contribution in [0.4, 0.5) is 0 Å². The summed E-state index contributed by atoms with van der Waals surface area (Å²) >= 11 is 0. The van der Waals surface area contributed by atoms with Gasteiger partial charge < -0.3 is 10.1 Å². The molecule has 1 aliphatic heterocycles. The number of hydrogen-bond acceptors (Lipinski definition) is 3. The normalized spacial score (nSPS) is 21.8. The topological polar surface area (TPSA) is 24.5 Å². The molecule has 0 aromatic heterocycles. The monoisotopic (exact) mass is 214 g/mol. The molecule has 2 unspecified atom stereocenters. The third-order valence-corrected chi connectivity index (χ3v) is 3.25. The number of methoxy groups -OCH3 is 1. The lowest BCUT2D eigenvalue weighted by atomic mass is 10.2. The molecule has 0 aromatic carbocycles. The zero-order valence-electron chi connectivity index (χ0n) is 10.5. The van der Waals surface area contributed by atoms with Gasteiger partial charge in [-0.3, -0.25) is 4.90 Å². The summed E-state index contributed by atoms with van der Waals surface area (Å²) in [5.41, 5.74) is 0. The molecule has 1 fully saturated rings. The minimum absolute atomic E-state index is 0.464. The Morgan fingerprint density at radius 3 is 2.53 bits per heavy atom. The van der Waals surface area contributed by atoms with E-state index in [0.29, 0.717) is 12.1 Å². The van der Waals surface area contributed by atoms with Crippen molar-refractivity contribution in [2.24, 2.45) is 0 Å². The van der Waals surface area contributed by atoms with Crippen molar-refractivity contribution in [2.45, 2.75) is 45.2 Å². The Morgan fingerprint density at radius 2 is 2.00 bits per heavy atom. The molecule has 0 aliphatic carbocycles. The van der Waals surface area contributed by atoms with Crippen LogP contribution in [0.1, 0.15) is 33.1 Å². The van der Waals surface area contributed by atoms with Crippen LogP contribution in [0.2, 0.25) is 0 Å². The van der Waals surface area contributed by atoms with Crippen molar-refractivity contribution in [3.05, 3.63) is 0 Å². The van der Waals surface area contributed by atoms with Crippen molar-refractivity contribution in [1.82, 2.24) is 10.2 Å². The summed E-state index contributed by atoms with van der Waals surface area (Å²) in [6.45, 7) is 8.95. The van der Waals surface area contributed by atoms with Gasteiger partial charge in [0.25, 0.3) is 0 Å². The fraction of sp³-hybridized carbons (Fsp3) is 1.00. The van der Waals surface area contributed by atoms with Crippen LogP contribution < -0.4 is 5.32 Å². The Labute approximate surface area is 94.2 Å². The maximum absolute atomic E-state index is 5.12. The number of ether oxygens (including phenoxy) is 1. The van der Waals surface area contributed by atoms with Crippen LogP contribution >= 0.6 is 0 Å². The summed E-state index contributed by atoms with van der Waals surface area (Å²) in [6, 6.07) is 1.18. The second-order valence-electron chi connectivity index (χ2n) is 4.57. The summed E-state index contributed by atoms with van der Waals surface area (Å²) in [4.78, 5) is 2.62. The maximum Gasteiger partial charge on any atom is 0.0613 e. The molecule has 0 amide bonds. The second-order valence-corrected chi connectivity index (χ2v) is 4.57. The van der Waals surface area contributed by atoms with Crippen LogP contribution in [0, 0.1) is 0 Å². The molecule has 1 aliphatic rings. The molecular weight excluding hydrogens is 188 g/mol. The van der Waals surface area contributed by atoms with Gasteiger partial charge in [0.2, 0.25) is 0 Å². The Kier molecular flexibility index (Phi) is 6.22. The summed E-state index contributed by atoms with van der Waals surface area (Å²) in [5.74, 6) is 0. The van der Waals surface area contributed by atoms with Gasteiger partial charge >= 0.3 is 0 Å². The lowest BCUT2D eigenvalue weighted by molar-refractivity contribution is 0.161. The minimum atomic E-state index is 0.464. The van der Waals surface area contributed by atoms with E-state index in [2.05, 4.69) is 24.1 Å². The van der Waals surface area contributed by atoms with Crippen LogP contribution in [-0.2, 0) is 4.74 Å². The molecule has 0 spiro atoms. The van der Waals surface area contributed by atoms with Gasteiger partial charge in [0.15, 0.2) is 0 Å². The first-order valence-electron chi connectivity index (χ1n) is 6.24. The lowest BCUT2D eigenvalue weighted by Gasteiger charge is -2.28. The first-order valence-corrected chi connectivity index (χ1v) is 6.24. The molecule has 0 aromatic rings. The molecule has 2 atom stereocenters. The van der Waals surface area contributed by atoms with E-state index in [1.807, 2.05) is 0 Å².